The number of pyridine rings is 1. The number of benzene rings is 2. The van der Waals surface area contributed by atoms with E-state index in [1.165, 1.54) is 10.9 Å². The van der Waals surface area contributed by atoms with Gasteiger partial charge in [0.2, 0.25) is 11.8 Å². The van der Waals surface area contributed by atoms with E-state index in [2.05, 4.69) is 39.8 Å². The first kappa shape index (κ1) is 26.1. The average molecular weight is 556 g/mol. The summed E-state index contributed by atoms with van der Waals surface area (Å²) in [4.78, 5) is 45.5. The quantitative estimate of drug-likeness (QED) is 0.427. The fourth-order valence-electron chi connectivity index (χ4n) is 6.42. The maximum Gasteiger partial charge on any atom is 0.255 e. The van der Waals surface area contributed by atoms with Crippen LogP contribution in [0.4, 0.5) is 0 Å². The molecule has 0 aliphatic carbocycles. The number of piperidine rings is 1. The van der Waals surface area contributed by atoms with E-state index in [9.17, 15) is 14.4 Å². The fourth-order valence-corrected chi connectivity index (χ4v) is 6.42. The Balaban J connectivity index is 0.970. The largest absolute Gasteiger partial charge is 0.489 e. The van der Waals surface area contributed by atoms with Gasteiger partial charge >= 0.3 is 0 Å². The molecule has 1 unspecified atom stereocenters. The third-order valence-electron chi connectivity index (χ3n) is 8.92. The van der Waals surface area contributed by atoms with E-state index in [0.29, 0.717) is 31.7 Å². The Morgan fingerprint density at radius 2 is 1.98 bits per heavy atom. The molecule has 2 N–H and O–H groups in total. The first-order valence-corrected chi connectivity index (χ1v) is 14.2. The molecule has 3 amide bonds. The molecule has 4 aliphatic heterocycles. The van der Waals surface area contributed by atoms with Crippen LogP contribution in [-0.4, -0.2) is 78.0 Å². The first-order valence-electron chi connectivity index (χ1n) is 14.2. The molecule has 5 heterocycles. The molecule has 212 valence electrons. The summed E-state index contributed by atoms with van der Waals surface area (Å²) in [5, 5.41) is 8.05. The molecular formula is C31H33N5O5. The number of fused-ring (bicyclic) bond motifs is 2. The number of ether oxygens (including phenoxy) is 2. The highest BCUT2D eigenvalue weighted by Gasteiger charge is 2.40. The van der Waals surface area contributed by atoms with Gasteiger partial charge in [-0.15, -0.1) is 0 Å². The van der Waals surface area contributed by atoms with Crippen LogP contribution in [0, 0.1) is 0 Å². The standard InChI is InChI=1S/C31H33N5O5/c1-32-31(17-40-18-31)22-3-2-19-11-23(33-13-20(19)10-22)15-35-9-8-25(16-35)41-24-4-5-26-21(12-24)14-36(30(26)39)27-6-7-28(37)34-29(27)38/h2-5,10-13,25,27,32H,6-9,14-18H2,1H3,(H,34,37,38)/t25-,27?/m0/s1. The molecular weight excluding hydrogens is 522 g/mol. The molecule has 10 nitrogen and oxygen atoms in total. The molecule has 1 aromatic heterocycles. The van der Waals surface area contributed by atoms with Crippen LogP contribution < -0.4 is 15.4 Å². The normalized spacial score (nSPS) is 23.9. The molecule has 7 rings (SSSR count). The van der Waals surface area contributed by atoms with Crippen LogP contribution in [0.2, 0.25) is 0 Å². The van der Waals surface area contributed by atoms with E-state index in [0.717, 1.165) is 48.4 Å². The maximum absolute atomic E-state index is 13.0. The summed E-state index contributed by atoms with van der Waals surface area (Å²) in [7, 11) is 1.98. The summed E-state index contributed by atoms with van der Waals surface area (Å²) in [6, 6.07) is 13.6. The number of aromatic nitrogens is 1. The molecule has 3 aromatic rings. The topological polar surface area (TPSA) is 113 Å². The van der Waals surface area contributed by atoms with Crippen molar-refractivity contribution >= 4 is 28.5 Å². The van der Waals surface area contributed by atoms with Crippen LogP contribution in [-0.2, 0) is 33.0 Å². The lowest BCUT2D eigenvalue weighted by molar-refractivity contribution is -0.136. The van der Waals surface area contributed by atoms with Gasteiger partial charge in [0.05, 0.1) is 24.4 Å². The Morgan fingerprint density at radius 3 is 2.76 bits per heavy atom. The minimum absolute atomic E-state index is 0.0434. The Bertz CT molecular complexity index is 1550. The van der Waals surface area contributed by atoms with Crippen molar-refractivity contribution < 1.29 is 23.9 Å². The van der Waals surface area contributed by atoms with E-state index < -0.39 is 11.9 Å². The highest BCUT2D eigenvalue weighted by Crippen LogP contribution is 2.33. The number of nitrogens with zero attached hydrogens (tertiary/aromatic N) is 3. The number of likely N-dealkylation sites (N-methyl/N-ethyl adjacent to an activating group) is 1. The van der Waals surface area contributed by atoms with E-state index in [1.54, 1.807) is 11.0 Å². The SMILES string of the molecule is CNC1(c2ccc3cc(CN4CC[C@H](Oc5ccc6c(c5)CN(C5CCC(=O)NC5=O)C6=O)C4)ncc3c2)COC1. The second kappa shape index (κ2) is 10.2. The lowest BCUT2D eigenvalue weighted by Crippen LogP contribution is -2.56. The highest BCUT2D eigenvalue weighted by molar-refractivity contribution is 6.05. The number of hydrogen-bond acceptors (Lipinski definition) is 8. The molecule has 0 bridgehead atoms. The Hall–Kier alpha value is -3.86. The van der Waals surface area contributed by atoms with Crippen LogP contribution in [0.5, 0.6) is 5.75 Å². The maximum atomic E-state index is 13.0. The molecule has 0 spiro atoms. The predicted molar refractivity (Wildman–Crippen MR) is 150 cm³/mol. The molecule has 2 atom stereocenters. The number of carbonyl (C=O) groups is 3. The molecule has 3 fully saturated rings. The van der Waals surface area contributed by atoms with Gasteiger partial charge in [-0.1, -0.05) is 12.1 Å². The van der Waals surface area contributed by atoms with Crippen LogP contribution in [0.25, 0.3) is 10.8 Å². The summed E-state index contributed by atoms with van der Waals surface area (Å²) < 4.78 is 11.8. The van der Waals surface area contributed by atoms with E-state index >= 15 is 0 Å². The Kier molecular flexibility index (Phi) is 6.49. The smallest absolute Gasteiger partial charge is 0.255 e. The van der Waals surface area contributed by atoms with Gasteiger partial charge in [0.15, 0.2) is 0 Å². The zero-order chi connectivity index (χ0) is 28.1. The van der Waals surface area contributed by atoms with Gasteiger partial charge in [-0.25, -0.2) is 0 Å². The lowest BCUT2D eigenvalue weighted by atomic mass is 9.87. The first-order chi connectivity index (χ1) is 19.9. The lowest BCUT2D eigenvalue weighted by Gasteiger charge is -2.41. The van der Waals surface area contributed by atoms with Crippen molar-refractivity contribution in [1.29, 1.82) is 0 Å². The van der Waals surface area contributed by atoms with Gasteiger partial charge in [0.1, 0.15) is 17.9 Å². The monoisotopic (exact) mass is 555 g/mol. The fraction of sp³-hybridized carbons (Fsp3) is 0.419. The summed E-state index contributed by atoms with van der Waals surface area (Å²) in [5.41, 5.74) is 3.60. The van der Waals surface area contributed by atoms with E-state index in [-0.39, 0.29) is 29.9 Å². The van der Waals surface area contributed by atoms with Crippen LogP contribution in [0.3, 0.4) is 0 Å². The molecule has 10 heteroatoms. The van der Waals surface area contributed by atoms with Gasteiger partial charge < -0.3 is 19.7 Å². The van der Waals surface area contributed by atoms with Crippen LogP contribution in [0.15, 0.2) is 48.7 Å². The second-order valence-corrected chi connectivity index (χ2v) is 11.5. The van der Waals surface area contributed by atoms with Gasteiger partial charge in [0.25, 0.3) is 5.91 Å². The van der Waals surface area contributed by atoms with Crippen molar-refractivity contribution in [2.75, 3.05) is 33.4 Å². The Morgan fingerprint density at radius 1 is 1.10 bits per heavy atom. The number of amides is 3. The third-order valence-corrected chi connectivity index (χ3v) is 8.92. The number of nitrogens with one attached hydrogen (secondary N) is 2. The van der Waals surface area contributed by atoms with Crippen LogP contribution >= 0.6 is 0 Å². The predicted octanol–water partition coefficient (Wildman–Crippen LogP) is 2.09. The molecule has 0 radical (unpaired) electrons. The van der Waals surface area contributed by atoms with Gasteiger partial charge in [-0.2, -0.15) is 0 Å². The number of rotatable bonds is 7. The average Bonchev–Trinajstić information content (AvgIpc) is 3.51. The molecule has 41 heavy (non-hydrogen) atoms. The third kappa shape index (κ3) is 4.75. The molecule has 0 saturated carbocycles. The van der Waals surface area contributed by atoms with Crippen molar-refractivity contribution in [3.8, 4) is 5.75 Å². The van der Waals surface area contributed by atoms with Crippen molar-refractivity contribution in [3.63, 3.8) is 0 Å². The highest BCUT2D eigenvalue weighted by atomic mass is 16.5. The number of likely N-dealkylation sites (tertiary alicyclic amines) is 1. The van der Waals surface area contributed by atoms with Gasteiger partial charge in [-0.3, -0.25) is 29.6 Å². The van der Waals surface area contributed by atoms with Gasteiger partial charge in [0, 0.05) is 49.7 Å². The van der Waals surface area contributed by atoms with Crippen molar-refractivity contribution in [1.82, 2.24) is 25.4 Å². The minimum atomic E-state index is -0.617. The number of hydrogen-bond donors (Lipinski definition) is 2. The second-order valence-electron chi connectivity index (χ2n) is 11.5. The van der Waals surface area contributed by atoms with E-state index in [1.807, 2.05) is 25.4 Å². The molecule has 2 aromatic carbocycles. The van der Waals surface area contributed by atoms with Crippen LogP contribution in [0.1, 0.15) is 46.4 Å². The summed E-state index contributed by atoms with van der Waals surface area (Å²) >= 11 is 0. The van der Waals surface area contributed by atoms with Crippen molar-refractivity contribution in [3.05, 3.63) is 71.0 Å². The van der Waals surface area contributed by atoms with Crippen molar-refractivity contribution in [2.24, 2.45) is 0 Å². The summed E-state index contributed by atoms with van der Waals surface area (Å²) in [6.45, 7) is 4.17. The number of carbonyl (C=O) groups excluding carboxylic acids is 3. The van der Waals surface area contributed by atoms with Crippen molar-refractivity contribution in [2.45, 2.75) is 50.0 Å². The molecule has 3 saturated heterocycles. The van der Waals surface area contributed by atoms with Gasteiger partial charge in [-0.05, 0) is 66.7 Å². The zero-order valence-corrected chi connectivity index (χ0v) is 23.0. The van der Waals surface area contributed by atoms with E-state index in [4.69, 9.17) is 14.5 Å². The summed E-state index contributed by atoms with van der Waals surface area (Å²) in [6.07, 6.45) is 3.51. The molecule has 4 aliphatic rings. The minimum Gasteiger partial charge on any atom is -0.489 e. The zero-order valence-electron chi connectivity index (χ0n) is 23.0. The summed E-state index contributed by atoms with van der Waals surface area (Å²) in [5.74, 6) is -0.138. The number of imide groups is 1. The Labute approximate surface area is 238 Å².